The highest BCUT2D eigenvalue weighted by Gasteiger charge is 2.04. The van der Waals surface area contributed by atoms with Crippen molar-refractivity contribution in [3.63, 3.8) is 0 Å². The Kier molecular flexibility index (Phi) is 12.5. The van der Waals surface area contributed by atoms with Gasteiger partial charge in [-0.1, -0.05) is 76.8 Å². The number of benzene rings is 1. The fourth-order valence-electron chi connectivity index (χ4n) is 3.54. The van der Waals surface area contributed by atoms with Gasteiger partial charge in [-0.3, -0.25) is 9.78 Å². The van der Waals surface area contributed by atoms with E-state index in [9.17, 15) is 4.79 Å². The van der Waals surface area contributed by atoms with Crippen molar-refractivity contribution in [3.8, 4) is 0 Å². The molecule has 4 heteroatoms. The number of hydrogen-bond donors (Lipinski definition) is 2. The van der Waals surface area contributed by atoms with Crippen LogP contribution in [0.25, 0.3) is 0 Å². The van der Waals surface area contributed by atoms with E-state index in [2.05, 4.69) is 22.5 Å². The van der Waals surface area contributed by atoms with Crippen LogP contribution in [0.2, 0.25) is 0 Å². The molecular formula is C26H39N3O. The first-order valence-electron chi connectivity index (χ1n) is 11.8. The number of carbonyl (C=O) groups is 1. The van der Waals surface area contributed by atoms with Crippen molar-refractivity contribution in [3.05, 3.63) is 65.5 Å². The molecule has 0 unspecified atom stereocenters. The Morgan fingerprint density at radius 2 is 1.27 bits per heavy atom. The molecule has 2 aromatic rings. The summed E-state index contributed by atoms with van der Waals surface area (Å²) in [5, 5.41) is 6.46. The van der Waals surface area contributed by atoms with E-state index in [4.69, 9.17) is 0 Å². The van der Waals surface area contributed by atoms with Crippen molar-refractivity contribution in [2.75, 3.05) is 6.54 Å². The maximum absolute atomic E-state index is 12.3. The second-order valence-electron chi connectivity index (χ2n) is 8.09. The summed E-state index contributed by atoms with van der Waals surface area (Å²) in [5.74, 6) is 0.0298. The van der Waals surface area contributed by atoms with Gasteiger partial charge in [0.25, 0.3) is 5.91 Å². The third-order valence-corrected chi connectivity index (χ3v) is 5.44. The molecule has 30 heavy (non-hydrogen) atoms. The van der Waals surface area contributed by atoms with E-state index in [-0.39, 0.29) is 5.91 Å². The summed E-state index contributed by atoms with van der Waals surface area (Å²) in [6, 6.07) is 11.9. The topological polar surface area (TPSA) is 54.0 Å². The zero-order valence-electron chi connectivity index (χ0n) is 18.7. The molecule has 1 amide bonds. The van der Waals surface area contributed by atoms with Crippen LogP contribution in [0.3, 0.4) is 0 Å². The molecular weight excluding hydrogens is 370 g/mol. The van der Waals surface area contributed by atoms with Gasteiger partial charge in [0, 0.05) is 37.6 Å². The van der Waals surface area contributed by atoms with Gasteiger partial charge in [0.15, 0.2) is 0 Å². The summed E-state index contributed by atoms with van der Waals surface area (Å²) in [4.78, 5) is 16.3. The van der Waals surface area contributed by atoms with E-state index in [1.54, 1.807) is 12.4 Å². The molecule has 1 aromatic carbocycles. The van der Waals surface area contributed by atoms with Gasteiger partial charge < -0.3 is 10.6 Å². The molecule has 0 fully saturated rings. The molecule has 0 spiro atoms. The predicted molar refractivity (Wildman–Crippen MR) is 125 cm³/mol. The van der Waals surface area contributed by atoms with Crippen LogP contribution < -0.4 is 10.6 Å². The Morgan fingerprint density at radius 1 is 0.733 bits per heavy atom. The SMILES string of the molecule is CCCCCCCCCCCCNC(=O)c1ccc(CNCc2ccncc2)cc1. The van der Waals surface area contributed by atoms with E-state index in [1.807, 2.05) is 36.4 Å². The second kappa shape index (κ2) is 15.6. The minimum Gasteiger partial charge on any atom is -0.352 e. The molecule has 0 aliphatic rings. The van der Waals surface area contributed by atoms with E-state index >= 15 is 0 Å². The Morgan fingerprint density at radius 3 is 1.87 bits per heavy atom. The fourth-order valence-corrected chi connectivity index (χ4v) is 3.54. The minimum absolute atomic E-state index is 0.0298. The zero-order chi connectivity index (χ0) is 21.3. The maximum Gasteiger partial charge on any atom is 0.251 e. The summed E-state index contributed by atoms with van der Waals surface area (Å²) in [6.07, 6.45) is 16.7. The monoisotopic (exact) mass is 409 g/mol. The molecule has 0 radical (unpaired) electrons. The molecule has 0 atom stereocenters. The van der Waals surface area contributed by atoms with Crippen molar-refractivity contribution in [2.45, 2.75) is 84.2 Å². The number of rotatable bonds is 16. The number of unbranched alkanes of at least 4 members (excludes halogenated alkanes) is 9. The minimum atomic E-state index is 0.0298. The quantitative estimate of drug-likeness (QED) is 0.333. The molecule has 2 rings (SSSR count). The maximum atomic E-state index is 12.3. The van der Waals surface area contributed by atoms with Crippen molar-refractivity contribution in [1.29, 1.82) is 0 Å². The van der Waals surface area contributed by atoms with Crippen LogP contribution in [0.5, 0.6) is 0 Å². The Hall–Kier alpha value is -2.20. The lowest BCUT2D eigenvalue weighted by Gasteiger charge is -2.08. The van der Waals surface area contributed by atoms with Gasteiger partial charge in [0.2, 0.25) is 0 Å². The number of amides is 1. The van der Waals surface area contributed by atoms with Crippen molar-refractivity contribution in [1.82, 2.24) is 15.6 Å². The molecule has 0 saturated carbocycles. The highest BCUT2D eigenvalue weighted by molar-refractivity contribution is 5.94. The van der Waals surface area contributed by atoms with Gasteiger partial charge in [0.1, 0.15) is 0 Å². The number of pyridine rings is 1. The van der Waals surface area contributed by atoms with Crippen LogP contribution in [0.1, 0.15) is 92.6 Å². The number of hydrogen-bond acceptors (Lipinski definition) is 3. The third-order valence-electron chi connectivity index (χ3n) is 5.44. The summed E-state index contributed by atoms with van der Waals surface area (Å²) < 4.78 is 0. The standard InChI is InChI=1S/C26H39N3O/c1-2-3-4-5-6-7-8-9-10-11-18-29-26(30)25-14-12-23(13-15-25)21-28-22-24-16-19-27-20-17-24/h12-17,19-20,28H,2-11,18,21-22H2,1H3,(H,29,30). The molecule has 2 N–H and O–H groups in total. The second-order valence-corrected chi connectivity index (χ2v) is 8.09. The van der Waals surface area contributed by atoms with Crippen molar-refractivity contribution in [2.24, 2.45) is 0 Å². The van der Waals surface area contributed by atoms with Crippen LogP contribution in [0, 0.1) is 0 Å². The molecule has 1 aromatic heterocycles. The average Bonchev–Trinajstić information content (AvgIpc) is 2.78. The van der Waals surface area contributed by atoms with Gasteiger partial charge in [-0.05, 0) is 41.8 Å². The molecule has 1 heterocycles. The Balaban J connectivity index is 1.51. The summed E-state index contributed by atoms with van der Waals surface area (Å²) in [5.41, 5.74) is 3.13. The number of nitrogens with one attached hydrogen (secondary N) is 2. The van der Waals surface area contributed by atoms with Crippen LogP contribution in [-0.4, -0.2) is 17.4 Å². The number of aromatic nitrogens is 1. The molecule has 0 aliphatic heterocycles. The van der Waals surface area contributed by atoms with E-state index in [0.717, 1.165) is 31.6 Å². The molecule has 0 bridgehead atoms. The summed E-state index contributed by atoms with van der Waals surface area (Å²) >= 11 is 0. The van der Waals surface area contributed by atoms with Crippen LogP contribution in [-0.2, 0) is 13.1 Å². The number of nitrogens with zero attached hydrogens (tertiary/aromatic N) is 1. The summed E-state index contributed by atoms with van der Waals surface area (Å²) in [7, 11) is 0. The fraction of sp³-hybridized carbons (Fsp3) is 0.538. The lowest BCUT2D eigenvalue weighted by molar-refractivity contribution is 0.0953. The van der Waals surface area contributed by atoms with E-state index in [1.165, 1.54) is 68.9 Å². The van der Waals surface area contributed by atoms with Crippen molar-refractivity contribution >= 4 is 5.91 Å². The van der Waals surface area contributed by atoms with Gasteiger partial charge >= 0.3 is 0 Å². The highest BCUT2D eigenvalue weighted by Crippen LogP contribution is 2.10. The van der Waals surface area contributed by atoms with Gasteiger partial charge in [-0.25, -0.2) is 0 Å². The smallest absolute Gasteiger partial charge is 0.251 e. The largest absolute Gasteiger partial charge is 0.352 e. The number of carbonyl (C=O) groups excluding carboxylic acids is 1. The van der Waals surface area contributed by atoms with Crippen molar-refractivity contribution < 1.29 is 4.79 Å². The first-order chi connectivity index (χ1) is 14.8. The third kappa shape index (κ3) is 10.5. The van der Waals surface area contributed by atoms with Crippen LogP contribution in [0.15, 0.2) is 48.8 Å². The predicted octanol–water partition coefficient (Wildman–Crippen LogP) is 6.02. The van der Waals surface area contributed by atoms with Gasteiger partial charge in [0.05, 0.1) is 0 Å². The lowest BCUT2D eigenvalue weighted by Crippen LogP contribution is -2.24. The lowest BCUT2D eigenvalue weighted by atomic mass is 10.1. The van der Waals surface area contributed by atoms with Crippen LogP contribution >= 0.6 is 0 Å². The first-order valence-corrected chi connectivity index (χ1v) is 11.8. The van der Waals surface area contributed by atoms with E-state index in [0.29, 0.717) is 0 Å². The van der Waals surface area contributed by atoms with Gasteiger partial charge in [-0.2, -0.15) is 0 Å². The average molecular weight is 410 g/mol. The normalized spacial score (nSPS) is 10.8. The molecule has 164 valence electrons. The van der Waals surface area contributed by atoms with Crippen LogP contribution in [0.4, 0.5) is 0 Å². The highest BCUT2D eigenvalue weighted by atomic mass is 16.1. The Bertz CT molecular complexity index is 685. The van der Waals surface area contributed by atoms with E-state index < -0.39 is 0 Å². The van der Waals surface area contributed by atoms with Gasteiger partial charge in [-0.15, -0.1) is 0 Å². The first kappa shape index (κ1) is 24.1. The Labute approximate surface area is 182 Å². The molecule has 4 nitrogen and oxygen atoms in total. The molecule has 0 saturated heterocycles. The zero-order valence-corrected chi connectivity index (χ0v) is 18.7. The summed E-state index contributed by atoms with van der Waals surface area (Å²) in [6.45, 7) is 4.62. The molecule has 0 aliphatic carbocycles.